The second-order valence-corrected chi connectivity index (χ2v) is 8.70. The Balaban J connectivity index is 1.48. The van der Waals surface area contributed by atoms with Gasteiger partial charge in [0.1, 0.15) is 5.00 Å². The lowest BCUT2D eigenvalue weighted by Gasteiger charge is -2.14. The van der Waals surface area contributed by atoms with Crippen molar-refractivity contribution in [2.24, 2.45) is 5.73 Å². The van der Waals surface area contributed by atoms with Crippen LogP contribution in [-0.4, -0.2) is 28.9 Å². The van der Waals surface area contributed by atoms with Crippen molar-refractivity contribution in [1.82, 2.24) is 4.98 Å². The summed E-state index contributed by atoms with van der Waals surface area (Å²) in [6.07, 6.45) is 1.61. The molecule has 0 saturated carbocycles. The fraction of sp³-hybridized carbons (Fsp3) is 0.318. The van der Waals surface area contributed by atoms with Gasteiger partial charge in [0.25, 0.3) is 11.8 Å². The van der Waals surface area contributed by atoms with E-state index in [2.05, 4.69) is 10.3 Å². The van der Waals surface area contributed by atoms with Crippen LogP contribution < -0.4 is 11.1 Å². The number of rotatable bonds is 5. The lowest BCUT2D eigenvalue weighted by atomic mass is 10.1. The lowest BCUT2D eigenvalue weighted by molar-refractivity contribution is -0.123. The van der Waals surface area contributed by atoms with E-state index in [0.717, 1.165) is 51.9 Å². The fourth-order valence-corrected chi connectivity index (χ4v) is 5.13. The number of ether oxygens (including phenoxy) is 1. The summed E-state index contributed by atoms with van der Waals surface area (Å²) >= 11 is 1.37. The number of primary amides is 1. The van der Waals surface area contributed by atoms with E-state index in [1.54, 1.807) is 12.1 Å². The van der Waals surface area contributed by atoms with Gasteiger partial charge < -0.3 is 20.8 Å². The third kappa shape index (κ3) is 3.47. The van der Waals surface area contributed by atoms with E-state index in [1.165, 1.54) is 18.3 Å². The second kappa shape index (κ2) is 7.60. The average Bonchev–Trinajstić information content (AvgIpc) is 3.34. The molecule has 156 valence electrons. The Morgan fingerprint density at radius 2 is 2.00 bits per heavy atom. The van der Waals surface area contributed by atoms with Crippen LogP contribution in [0.2, 0.25) is 0 Å². The van der Waals surface area contributed by atoms with Crippen LogP contribution in [0.1, 0.15) is 55.8 Å². The maximum atomic E-state index is 12.6. The zero-order valence-corrected chi connectivity index (χ0v) is 17.9. The minimum Gasteiger partial charge on any atom is -0.449 e. The second-order valence-electron chi connectivity index (χ2n) is 7.60. The largest absolute Gasteiger partial charge is 0.449 e. The van der Waals surface area contributed by atoms with E-state index in [1.807, 2.05) is 19.9 Å². The number of nitrogens with two attached hydrogens (primary N) is 1. The van der Waals surface area contributed by atoms with Gasteiger partial charge in [-0.3, -0.25) is 9.59 Å². The molecule has 2 amide bonds. The molecular weight excluding hydrogens is 402 g/mol. The predicted molar refractivity (Wildman–Crippen MR) is 116 cm³/mol. The quantitative estimate of drug-likeness (QED) is 0.542. The topological polar surface area (TPSA) is 114 Å². The summed E-state index contributed by atoms with van der Waals surface area (Å²) in [5, 5.41) is 4.09. The van der Waals surface area contributed by atoms with E-state index in [-0.39, 0.29) is 0 Å². The zero-order valence-electron chi connectivity index (χ0n) is 17.0. The number of amides is 2. The summed E-state index contributed by atoms with van der Waals surface area (Å²) in [7, 11) is 0. The van der Waals surface area contributed by atoms with Crippen molar-refractivity contribution in [3.63, 3.8) is 0 Å². The zero-order chi connectivity index (χ0) is 21.6. The molecule has 0 spiro atoms. The Labute approximate surface area is 177 Å². The number of H-pyrrole nitrogens is 1. The molecule has 30 heavy (non-hydrogen) atoms. The third-order valence-corrected chi connectivity index (χ3v) is 6.81. The molecule has 3 aromatic rings. The molecule has 1 aromatic carbocycles. The first-order valence-corrected chi connectivity index (χ1v) is 10.6. The van der Waals surface area contributed by atoms with Crippen LogP contribution in [0.25, 0.3) is 10.9 Å². The number of hydrogen-bond acceptors (Lipinski definition) is 5. The SMILES string of the molecule is Cc1[nH]c2ccc(C(=O)O[C@@H](C)C(=O)Nc3sc4c(c3C(N)=O)CCC4)cc2c1C. The maximum Gasteiger partial charge on any atom is 0.338 e. The minimum absolute atomic E-state index is 0.372. The highest BCUT2D eigenvalue weighted by molar-refractivity contribution is 7.17. The van der Waals surface area contributed by atoms with Gasteiger partial charge in [-0.15, -0.1) is 11.3 Å². The van der Waals surface area contributed by atoms with Crippen molar-refractivity contribution >= 4 is 45.0 Å². The van der Waals surface area contributed by atoms with Crippen LogP contribution in [-0.2, 0) is 22.4 Å². The summed E-state index contributed by atoms with van der Waals surface area (Å²) < 4.78 is 5.37. The Hall–Kier alpha value is -3.13. The van der Waals surface area contributed by atoms with E-state index in [4.69, 9.17) is 10.5 Å². The smallest absolute Gasteiger partial charge is 0.338 e. The molecule has 0 bridgehead atoms. The van der Waals surface area contributed by atoms with Gasteiger partial charge in [-0.1, -0.05) is 0 Å². The normalized spacial score (nSPS) is 13.8. The van der Waals surface area contributed by atoms with Crippen LogP contribution in [0.15, 0.2) is 18.2 Å². The molecule has 2 aromatic heterocycles. The summed E-state index contributed by atoms with van der Waals surface area (Å²) in [6.45, 7) is 5.46. The number of carbonyl (C=O) groups excluding carboxylic acids is 3. The van der Waals surface area contributed by atoms with E-state index < -0.39 is 23.9 Å². The number of fused-ring (bicyclic) bond motifs is 2. The maximum absolute atomic E-state index is 12.6. The molecule has 0 radical (unpaired) electrons. The number of aryl methyl sites for hydroxylation is 3. The van der Waals surface area contributed by atoms with Gasteiger partial charge in [-0.25, -0.2) is 4.79 Å². The van der Waals surface area contributed by atoms with E-state index in [0.29, 0.717) is 16.1 Å². The van der Waals surface area contributed by atoms with Crippen molar-refractivity contribution in [3.05, 3.63) is 51.0 Å². The van der Waals surface area contributed by atoms with Crippen molar-refractivity contribution < 1.29 is 19.1 Å². The van der Waals surface area contributed by atoms with E-state index in [9.17, 15) is 14.4 Å². The summed E-state index contributed by atoms with van der Waals surface area (Å²) in [5.74, 6) is -1.64. The minimum atomic E-state index is -1.03. The first kappa shape index (κ1) is 20.2. The summed E-state index contributed by atoms with van der Waals surface area (Å²) in [4.78, 5) is 41.4. The fourth-order valence-electron chi connectivity index (χ4n) is 3.84. The van der Waals surface area contributed by atoms with Gasteiger partial charge >= 0.3 is 5.97 Å². The monoisotopic (exact) mass is 425 g/mol. The number of nitrogens with one attached hydrogen (secondary N) is 2. The Morgan fingerprint density at radius 1 is 1.23 bits per heavy atom. The summed E-state index contributed by atoms with van der Waals surface area (Å²) in [6, 6.07) is 5.25. The molecule has 0 saturated heterocycles. The predicted octanol–water partition coefficient (Wildman–Crippen LogP) is 3.62. The van der Waals surface area contributed by atoms with Gasteiger partial charge in [0, 0.05) is 21.5 Å². The molecule has 1 aliphatic carbocycles. The van der Waals surface area contributed by atoms with Crippen LogP contribution in [0.3, 0.4) is 0 Å². The van der Waals surface area contributed by atoms with Crippen LogP contribution in [0.5, 0.6) is 0 Å². The summed E-state index contributed by atoms with van der Waals surface area (Å²) in [5.41, 5.74) is 10.3. The lowest BCUT2D eigenvalue weighted by Crippen LogP contribution is -2.30. The number of aromatic amines is 1. The van der Waals surface area contributed by atoms with Crippen molar-refractivity contribution in [2.45, 2.75) is 46.1 Å². The number of esters is 1. The standard InChI is InChI=1S/C22H23N3O4S/c1-10-11(2)24-16-8-7-13(9-15(10)16)22(28)29-12(3)20(27)25-21-18(19(23)26)14-5-4-6-17(14)30-21/h7-9,12,24H,4-6H2,1-3H3,(H2,23,26)(H,25,27)/t12-/m0/s1. The van der Waals surface area contributed by atoms with Gasteiger partial charge in [0.05, 0.1) is 11.1 Å². The van der Waals surface area contributed by atoms with Gasteiger partial charge in [-0.05, 0) is 69.4 Å². The Morgan fingerprint density at radius 3 is 2.73 bits per heavy atom. The van der Waals surface area contributed by atoms with E-state index >= 15 is 0 Å². The average molecular weight is 426 g/mol. The molecule has 8 heteroatoms. The Kier molecular flexibility index (Phi) is 5.11. The van der Waals surface area contributed by atoms with Gasteiger partial charge in [0.2, 0.25) is 0 Å². The van der Waals surface area contributed by atoms with Crippen molar-refractivity contribution in [1.29, 1.82) is 0 Å². The highest BCUT2D eigenvalue weighted by atomic mass is 32.1. The van der Waals surface area contributed by atoms with Gasteiger partial charge in [-0.2, -0.15) is 0 Å². The highest BCUT2D eigenvalue weighted by Gasteiger charge is 2.28. The molecule has 7 nitrogen and oxygen atoms in total. The molecule has 2 heterocycles. The van der Waals surface area contributed by atoms with Crippen molar-refractivity contribution in [2.75, 3.05) is 5.32 Å². The number of hydrogen-bond donors (Lipinski definition) is 3. The number of anilines is 1. The number of carbonyl (C=O) groups is 3. The first-order chi connectivity index (χ1) is 14.3. The van der Waals surface area contributed by atoms with Gasteiger partial charge in [0.15, 0.2) is 6.10 Å². The number of benzene rings is 1. The number of aromatic nitrogens is 1. The third-order valence-electron chi connectivity index (χ3n) is 5.60. The van der Waals surface area contributed by atoms with Crippen LogP contribution in [0.4, 0.5) is 5.00 Å². The molecule has 0 aliphatic heterocycles. The number of thiophene rings is 1. The molecular formula is C22H23N3O4S. The molecule has 0 fully saturated rings. The molecule has 1 atom stereocenters. The first-order valence-electron chi connectivity index (χ1n) is 9.81. The molecule has 1 aliphatic rings. The van der Waals surface area contributed by atoms with Crippen LogP contribution >= 0.6 is 11.3 Å². The molecule has 4 rings (SSSR count). The molecule has 0 unspecified atom stereocenters. The highest BCUT2D eigenvalue weighted by Crippen LogP contribution is 2.38. The molecule has 4 N–H and O–H groups in total. The van der Waals surface area contributed by atoms with Crippen LogP contribution in [0, 0.1) is 13.8 Å². The Bertz CT molecular complexity index is 1190. The van der Waals surface area contributed by atoms with Crippen molar-refractivity contribution in [3.8, 4) is 0 Å².